The molecule has 0 spiro atoms. The minimum Gasteiger partial charge on any atom is -0.324 e. The SMILES string of the molecule is Cn1cc(NC(=O)N2CCC(c3cccc(Cl)c3)CC2)c(C(F)(F)F)n1. The fourth-order valence-corrected chi connectivity index (χ4v) is 3.36. The maximum absolute atomic E-state index is 13.0. The van der Waals surface area contributed by atoms with Crippen molar-refractivity contribution in [2.75, 3.05) is 18.4 Å². The first-order valence-corrected chi connectivity index (χ1v) is 8.54. The maximum atomic E-state index is 13.0. The first-order valence-electron chi connectivity index (χ1n) is 8.16. The van der Waals surface area contributed by atoms with E-state index in [-0.39, 0.29) is 11.6 Å². The fraction of sp³-hybridized carbons (Fsp3) is 0.412. The number of anilines is 1. The topological polar surface area (TPSA) is 50.2 Å². The number of carbonyl (C=O) groups excluding carboxylic acids is 1. The third kappa shape index (κ3) is 4.12. The standard InChI is InChI=1S/C17H18ClF3N4O/c1-24-10-14(15(23-24)17(19,20)21)22-16(26)25-7-5-11(6-8-25)12-3-2-4-13(18)9-12/h2-4,9-11H,5-8H2,1H3,(H,22,26). The summed E-state index contributed by atoms with van der Waals surface area (Å²) in [4.78, 5) is 13.9. The van der Waals surface area contributed by atoms with E-state index >= 15 is 0 Å². The van der Waals surface area contributed by atoms with Crippen LogP contribution in [0.25, 0.3) is 0 Å². The van der Waals surface area contributed by atoms with E-state index in [1.54, 1.807) is 6.07 Å². The van der Waals surface area contributed by atoms with Gasteiger partial charge in [0.05, 0.1) is 5.69 Å². The Hall–Kier alpha value is -2.22. The number of rotatable bonds is 2. The van der Waals surface area contributed by atoms with Gasteiger partial charge in [0.15, 0.2) is 5.69 Å². The largest absolute Gasteiger partial charge is 0.437 e. The Bertz CT molecular complexity index is 798. The van der Waals surface area contributed by atoms with Crippen LogP contribution < -0.4 is 5.32 Å². The molecule has 26 heavy (non-hydrogen) atoms. The van der Waals surface area contributed by atoms with E-state index in [2.05, 4.69) is 10.4 Å². The molecule has 3 rings (SSSR count). The van der Waals surface area contributed by atoms with E-state index in [1.165, 1.54) is 11.9 Å². The Balaban J connectivity index is 1.63. The summed E-state index contributed by atoms with van der Waals surface area (Å²) >= 11 is 6.01. The van der Waals surface area contributed by atoms with Gasteiger partial charge in [-0.15, -0.1) is 0 Å². The van der Waals surface area contributed by atoms with Crippen LogP contribution in [-0.4, -0.2) is 33.8 Å². The average molecular weight is 387 g/mol. The van der Waals surface area contributed by atoms with Crippen LogP contribution in [0.1, 0.15) is 30.0 Å². The first kappa shape index (κ1) is 18.6. The molecule has 1 saturated heterocycles. The lowest BCUT2D eigenvalue weighted by Crippen LogP contribution is -2.40. The molecule has 140 valence electrons. The highest BCUT2D eigenvalue weighted by atomic mass is 35.5. The van der Waals surface area contributed by atoms with E-state index in [0.29, 0.717) is 18.1 Å². The van der Waals surface area contributed by atoms with E-state index in [1.807, 2.05) is 18.2 Å². The molecule has 5 nitrogen and oxygen atoms in total. The lowest BCUT2D eigenvalue weighted by molar-refractivity contribution is -0.140. The molecule has 0 unspecified atom stereocenters. The number of carbonyl (C=O) groups is 1. The number of nitrogens with zero attached hydrogens (tertiary/aromatic N) is 3. The minimum atomic E-state index is -4.62. The smallest absolute Gasteiger partial charge is 0.324 e. The fourth-order valence-electron chi connectivity index (χ4n) is 3.16. The summed E-state index contributed by atoms with van der Waals surface area (Å²) in [7, 11) is 1.38. The molecule has 2 heterocycles. The number of aromatic nitrogens is 2. The number of hydrogen-bond acceptors (Lipinski definition) is 2. The molecular formula is C17H18ClF3N4O. The Morgan fingerprint density at radius 2 is 2.00 bits per heavy atom. The summed E-state index contributed by atoms with van der Waals surface area (Å²) in [6.45, 7) is 0.926. The van der Waals surface area contributed by atoms with E-state index < -0.39 is 17.9 Å². The number of hydrogen-bond donors (Lipinski definition) is 1. The summed E-state index contributed by atoms with van der Waals surface area (Å²) < 4.78 is 40.0. The Labute approximate surface area is 153 Å². The number of nitrogens with one attached hydrogen (secondary N) is 1. The number of likely N-dealkylation sites (tertiary alicyclic amines) is 1. The number of alkyl halides is 3. The second-order valence-corrected chi connectivity index (χ2v) is 6.75. The normalized spacial score (nSPS) is 16.0. The van der Waals surface area contributed by atoms with Gasteiger partial charge in [-0.25, -0.2) is 4.79 Å². The van der Waals surface area contributed by atoms with Crippen molar-refractivity contribution < 1.29 is 18.0 Å². The van der Waals surface area contributed by atoms with Crippen LogP contribution in [0.15, 0.2) is 30.5 Å². The van der Waals surface area contributed by atoms with Crippen molar-refractivity contribution in [1.82, 2.24) is 14.7 Å². The number of halogens is 4. The van der Waals surface area contributed by atoms with Gasteiger partial charge >= 0.3 is 12.2 Å². The zero-order valence-corrected chi connectivity index (χ0v) is 14.8. The molecule has 9 heteroatoms. The van der Waals surface area contributed by atoms with Gasteiger partial charge in [-0.05, 0) is 36.5 Å². The van der Waals surface area contributed by atoms with Crippen LogP contribution in [0.4, 0.5) is 23.7 Å². The predicted molar refractivity (Wildman–Crippen MR) is 92.2 cm³/mol. The van der Waals surface area contributed by atoms with Crippen molar-refractivity contribution in [2.45, 2.75) is 24.9 Å². The minimum absolute atomic E-state index is 0.280. The molecule has 1 aliphatic rings. The highest BCUT2D eigenvalue weighted by molar-refractivity contribution is 6.30. The van der Waals surface area contributed by atoms with E-state index in [9.17, 15) is 18.0 Å². The molecular weight excluding hydrogens is 369 g/mol. The third-order valence-electron chi connectivity index (χ3n) is 4.44. The zero-order valence-electron chi connectivity index (χ0n) is 14.1. The predicted octanol–water partition coefficient (Wildman–Crippen LogP) is 4.50. The van der Waals surface area contributed by atoms with Crippen LogP contribution in [0.3, 0.4) is 0 Å². The molecule has 2 amide bonds. The third-order valence-corrected chi connectivity index (χ3v) is 4.68. The van der Waals surface area contributed by atoms with Gasteiger partial charge in [0, 0.05) is 31.4 Å². The van der Waals surface area contributed by atoms with Gasteiger partial charge in [-0.2, -0.15) is 18.3 Å². The second-order valence-electron chi connectivity index (χ2n) is 6.31. The number of benzene rings is 1. The number of aryl methyl sites for hydroxylation is 1. The molecule has 0 bridgehead atoms. The monoisotopic (exact) mass is 386 g/mol. The van der Waals surface area contributed by atoms with Crippen LogP contribution in [0, 0.1) is 0 Å². The molecule has 1 aromatic heterocycles. The van der Waals surface area contributed by atoms with Crippen molar-refractivity contribution >= 4 is 23.3 Å². The van der Waals surface area contributed by atoms with Crippen LogP contribution >= 0.6 is 11.6 Å². The van der Waals surface area contributed by atoms with Crippen molar-refractivity contribution in [3.8, 4) is 0 Å². The maximum Gasteiger partial charge on any atom is 0.437 e. The molecule has 1 aliphatic heterocycles. The molecule has 1 N–H and O–H groups in total. The lowest BCUT2D eigenvalue weighted by atomic mass is 9.89. The molecule has 2 aromatic rings. The van der Waals surface area contributed by atoms with Crippen LogP contribution in [0.2, 0.25) is 5.02 Å². The lowest BCUT2D eigenvalue weighted by Gasteiger charge is -2.32. The van der Waals surface area contributed by atoms with E-state index in [0.717, 1.165) is 29.3 Å². The Morgan fingerprint density at radius 1 is 1.31 bits per heavy atom. The number of amides is 2. The number of piperidine rings is 1. The first-order chi connectivity index (χ1) is 12.2. The molecule has 0 atom stereocenters. The van der Waals surface area contributed by atoms with Gasteiger partial charge in [-0.1, -0.05) is 23.7 Å². The molecule has 1 fully saturated rings. The average Bonchev–Trinajstić information content (AvgIpc) is 2.95. The molecule has 0 saturated carbocycles. The Kier molecular flexibility index (Phi) is 5.13. The Morgan fingerprint density at radius 3 is 2.62 bits per heavy atom. The van der Waals surface area contributed by atoms with Crippen molar-refractivity contribution in [3.05, 3.63) is 46.7 Å². The summed E-state index contributed by atoms with van der Waals surface area (Å²) in [6, 6.07) is 7.05. The highest BCUT2D eigenvalue weighted by Crippen LogP contribution is 2.34. The van der Waals surface area contributed by atoms with Gasteiger partial charge in [0.1, 0.15) is 0 Å². The van der Waals surface area contributed by atoms with Crippen LogP contribution in [0.5, 0.6) is 0 Å². The summed E-state index contributed by atoms with van der Waals surface area (Å²) in [5, 5.41) is 6.39. The summed E-state index contributed by atoms with van der Waals surface area (Å²) in [6.07, 6.45) is -2.01. The molecule has 0 radical (unpaired) electrons. The van der Waals surface area contributed by atoms with Gasteiger partial charge in [0.25, 0.3) is 0 Å². The van der Waals surface area contributed by atoms with Gasteiger partial charge in [-0.3, -0.25) is 4.68 Å². The molecule has 0 aliphatic carbocycles. The van der Waals surface area contributed by atoms with Gasteiger partial charge in [0.2, 0.25) is 0 Å². The zero-order chi connectivity index (χ0) is 18.9. The van der Waals surface area contributed by atoms with Crippen LogP contribution in [-0.2, 0) is 13.2 Å². The van der Waals surface area contributed by atoms with Crippen molar-refractivity contribution in [3.63, 3.8) is 0 Å². The van der Waals surface area contributed by atoms with E-state index in [4.69, 9.17) is 11.6 Å². The summed E-state index contributed by atoms with van der Waals surface area (Å²) in [5.74, 6) is 0.280. The number of urea groups is 1. The van der Waals surface area contributed by atoms with Crippen molar-refractivity contribution in [1.29, 1.82) is 0 Å². The quantitative estimate of drug-likeness (QED) is 0.826. The highest BCUT2D eigenvalue weighted by Gasteiger charge is 2.38. The van der Waals surface area contributed by atoms with Crippen molar-refractivity contribution in [2.24, 2.45) is 7.05 Å². The molecule has 1 aromatic carbocycles. The van der Waals surface area contributed by atoms with Gasteiger partial charge < -0.3 is 10.2 Å². The second kappa shape index (κ2) is 7.19. The summed E-state index contributed by atoms with van der Waals surface area (Å²) in [5.41, 5.74) is -0.312.